The van der Waals surface area contributed by atoms with Crippen molar-refractivity contribution in [3.8, 4) is 0 Å². The van der Waals surface area contributed by atoms with Crippen molar-refractivity contribution >= 4 is 31.6 Å². The highest BCUT2D eigenvalue weighted by Crippen LogP contribution is 2.21. The van der Waals surface area contributed by atoms with Gasteiger partial charge < -0.3 is 5.32 Å². The summed E-state index contributed by atoms with van der Waals surface area (Å²) in [4.78, 5) is 12.5. The second kappa shape index (κ2) is 9.90. The quantitative estimate of drug-likeness (QED) is 0.523. The van der Waals surface area contributed by atoms with E-state index in [1.807, 2.05) is 6.92 Å². The molecule has 0 radical (unpaired) electrons. The van der Waals surface area contributed by atoms with Crippen molar-refractivity contribution in [1.82, 2.24) is 9.44 Å². The minimum atomic E-state index is -3.74. The van der Waals surface area contributed by atoms with Gasteiger partial charge in [0.25, 0.3) is 0 Å². The molecular weight excluding hydrogens is 438 g/mol. The summed E-state index contributed by atoms with van der Waals surface area (Å²) in [6.45, 7) is 8.76. The fraction of sp³-hybridized carbons (Fsp3) is 0.381. The lowest BCUT2D eigenvalue weighted by Gasteiger charge is -2.13. The molecule has 2 rings (SSSR count). The molecule has 0 fully saturated rings. The maximum Gasteiger partial charge on any atom is 0.241 e. The smallest absolute Gasteiger partial charge is 0.241 e. The Bertz CT molecular complexity index is 1130. The van der Waals surface area contributed by atoms with Gasteiger partial charge in [0.15, 0.2) is 0 Å². The molecule has 0 atom stereocenters. The second-order valence-corrected chi connectivity index (χ2v) is 11.1. The number of nitrogens with one attached hydrogen (secondary N) is 3. The average Bonchev–Trinajstić information content (AvgIpc) is 2.59. The first-order valence-corrected chi connectivity index (χ1v) is 12.8. The van der Waals surface area contributed by atoms with E-state index in [-0.39, 0.29) is 28.8 Å². The predicted molar refractivity (Wildman–Crippen MR) is 121 cm³/mol. The normalized spacial score (nSPS) is 12.2. The average molecular weight is 468 g/mol. The third-order valence-electron chi connectivity index (χ3n) is 4.36. The van der Waals surface area contributed by atoms with E-state index in [1.165, 1.54) is 24.3 Å². The van der Waals surface area contributed by atoms with Crippen molar-refractivity contribution in [1.29, 1.82) is 0 Å². The fourth-order valence-corrected chi connectivity index (χ4v) is 6.01. The van der Waals surface area contributed by atoms with Crippen molar-refractivity contribution < 1.29 is 21.6 Å². The Balaban J connectivity index is 1.95. The summed E-state index contributed by atoms with van der Waals surface area (Å²) < 4.78 is 54.5. The summed E-state index contributed by atoms with van der Waals surface area (Å²) in [5.41, 5.74) is 2.70. The van der Waals surface area contributed by atoms with Crippen molar-refractivity contribution in [2.45, 2.75) is 56.9 Å². The van der Waals surface area contributed by atoms with Crippen LogP contribution < -0.4 is 14.8 Å². The zero-order valence-electron chi connectivity index (χ0n) is 18.3. The van der Waals surface area contributed by atoms with Crippen LogP contribution in [0.15, 0.2) is 46.2 Å². The lowest BCUT2D eigenvalue weighted by molar-refractivity contribution is -0.116. The summed E-state index contributed by atoms with van der Waals surface area (Å²) in [5, 5.41) is 2.63. The monoisotopic (exact) mass is 467 g/mol. The predicted octanol–water partition coefficient (Wildman–Crippen LogP) is 2.61. The zero-order valence-corrected chi connectivity index (χ0v) is 19.9. The van der Waals surface area contributed by atoms with Crippen LogP contribution in [0, 0.1) is 20.8 Å². The number of anilines is 1. The number of benzene rings is 2. The third-order valence-corrected chi connectivity index (χ3v) is 7.80. The van der Waals surface area contributed by atoms with E-state index in [1.54, 1.807) is 39.8 Å². The molecule has 0 bridgehead atoms. The molecule has 8 nitrogen and oxygen atoms in total. The number of rotatable bonds is 9. The van der Waals surface area contributed by atoms with E-state index < -0.39 is 26.0 Å². The first-order valence-electron chi connectivity index (χ1n) is 9.81. The van der Waals surface area contributed by atoms with Gasteiger partial charge in [0.1, 0.15) is 0 Å². The Morgan fingerprint density at radius 2 is 1.45 bits per heavy atom. The Labute approximate surface area is 184 Å². The van der Waals surface area contributed by atoms with Crippen LogP contribution >= 0.6 is 0 Å². The van der Waals surface area contributed by atoms with E-state index in [9.17, 15) is 21.6 Å². The number of amides is 1. The lowest BCUT2D eigenvalue weighted by Crippen LogP contribution is -2.30. The van der Waals surface area contributed by atoms with Gasteiger partial charge >= 0.3 is 0 Å². The molecule has 0 aliphatic carbocycles. The van der Waals surface area contributed by atoms with Gasteiger partial charge in [0.05, 0.1) is 9.79 Å². The second-order valence-electron chi connectivity index (χ2n) is 7.72. The van der Waals surface area contributed by atoms with Gasteiger partial charge in [0.2, 0.25) is 26.0 Å². The van der Waals surface area contributed by atoms with Gasteiger partial charge in [0, 0.05) is 24.7 Å². The molecule has 0 spiro atoms. The highest BCUT2D eigenvalue weighted by molar-refractivity contribution is 7.89. The maximum absolute atomic E-state index is 12.6. The molecule has 0 aliphatic heterocycles. The van der Waals surface area contributed by atoms with E-state index >= 15 is 0 Å². The molecule has 170 valence electrons. The molecule has 2 aromatic carbocycles. The van der Waals surface area contributed by atoms with Gasteiger partial charge in [-0.25, -0.2) is 26.3 Å². The lowest BCUT2D eigenvalue weighted by atomic mass is 10.1. The van der Waals surface area contributed by atoms with Crippen LogP contribution in [-0.4, -0.2) is 35.3 Å². The van der Waals surface area contributed by atoms with E-state index in [0.717, 1.165) is 5.56 Å². The summed E-state index contributed by atoms with van der Waals surface area (Å²) in [7, 11) is -7.35. The molecule has 0 aliphatic rings. The molecule has 31 heavy (non-hydrogen) atoms. The number of aryl methyl sites for hydroxylation is 3. The molecule has 0 heterocycles. The SMILES string of the molecule is Cc1cc(C)c(S(=O)(=O)NCCC(=O)Nc2ccc(S(=O)(=O)NC(C)C)cc2)c(C)c1. The first-order chi connectivity index (χ1) is 14.3. The van der Waals surface area contributed by atoms with Crippen LogP contribution in [0.3, 0.4) is 0 Å². The zero-order chi connectivity index (χ0) is 23.4. The van der Waals surface area contributed by atoms with Crippen LogP contribution in [0.5, 0.6) is 0 Å². The van der Waals surface area contributed by atoms with Gasteiger partial charge in [-0.05, 0) is 70.0 Å². The van der Waals surface area contributed by atoms with Crippen molar-refractivity contribution in [3.63, 3.8) is 0 Å². The molecule has 10 heteroatoms. The van der Waals surface area contributed by atoms with Crippen molar-refractivity contribution in [2.75, 3.05) is 11.9 Å². The number of sulfonamides is 2. The summed E-state index contributed by atoms with van der Waals surface area (Å²) in [6, 6.07) is 9.12. The summed E-state index contributed by atoms with van der Waals surface area (Å²) >= 11 is 0. The Morgan fingerprint density at radius 3 is 1.97 bits per heavy atom. The molecular formula is C21H29N3O5S2. The van der Waals surface area contributed by atoms with Gasteiger partial charge in [-0.2, -0.15) is 0 Å². The van der Waals surface area contributed by atoms with Gasteiger partial charge in [-0.1, -0.05) is 17.7 Å². The number of hydrogen-bond donors (Lipinski definition) is 3. The number of hydrogen-bond acceptors (Lipinski definition) is 5. The molecule has 0 aromatic heterocycles. The van der Waals surface area contributed by atoms with E-state index in [0.29, 0.717) is 16.8 Å². The highest BCUT2D eigenvalue weighted by atomic mass is 32.2. The highest BCUT2D eigenvalue weighted by Gasteiger charge is 2.20. The van der Waals surface area contributed by atoms with Gasteiger partial charge in [-0.3, -0.25) is 4.79 Å². The molecule has 0 saturated heterocycles. The molecule has 3 N–H and O–H groups in total. The topological polar surface area (TPSA) is 121 Å². The van der Waals surface area contributed by atoms with Gasteiger partial charge in [-0.15, -0.1) is 0 Å². The van der Waals surface area contributed by atoms with Crippen molar-refractivity contribution in [3.05, 3.63) is 53.1 Å². The third kappa shape index (κ3) is 6.86. The Kier molecular flexibility index (Phi) is 7.98. The Morgan fingerprint density at radius 1 is 0.903 bits per heavy atom. The minimum absolute atomic E-state index is 0.0638. The van der Waals surface area contributed by atoms with Crippen molar-refractivity contribution in [2.24, 2.45) is 0 Å². The van der Waals surface area contributed by atoms with Crippen LogP contribution in [0.1, 0.15) is 37.0 Å². The molecule has 2 aromatic rings. The minimum Gasteiger partial charge on any atom is -0.326 e. The molecule has 0 saturated carbocycles. The first kappa shape index (κ1) is 25.0. The van der Waals surface area contributed by atoms with E-state index in [2.05, 4.69) is 14.8 Å². The molecule has 0 unspecified atom stereocenters. The molecule has 1 amide bonds. The standard InChI is InChI=1S/C21H29N3O5S2/c1-14(2)24-30(26,27)19-8-6-18(7-9-19)23-20(25)10-11-22-31(28,29)21-16(4)12-15(3)13-17(21)5/h6-9,12-14,22,24H,10-11H2,1-5H3,(H,23,25). The largest absolute Gasteiger partial charge is 0.326 e. The summed E-state index contributed by atoms with van der Waals surface area (Å²) in [5.74, 6) is -0.393. The Hall–Kier alpha value is -2.27. The number of carbonyl (C=O) groups excluding carboxylic acids is 1. The van der Waals surface area contributed by atoms with Crippen LogP contribution in [0.2, 0.25) is 0 Å². The van der Waals surface area contributed by atoms with Crippen LogP contribution in [0.4, 0.5) is 5.69 Å². The van der Waals surface area contributed by atoms with Crippen LogP contribution in [0.25, 0.3) is 0 Å². The van der Waals surface area contributed by atoms with Crippen LogP contribution in [-0.2, 0) is 24.8 Å². The summed E-state index contributed by atoms with van der Waals surface area (Å²) in [6.07, 6.45) is -0.0713. The maximum atomic E-state index is 12.6. The number of carbonyl (C=O) groups is 1. The van der Waals surface area contributed by atoms with E-state index in [4.69, 9.17) is 0 Å². The fourth-order valence-electron chi connectivity index (χ4n) is 3.28.